The lowest BCUT2D eigenvalue weighted by atomic mass is 10.0. The molecule has 0 fully saturated rings. The molecule has 0 radical (unpaired) electrons. The van der Waals surface area contributed by atoms with Crippen LogP contribution in [0.15, 0.2) is 76.1 Å². The third-order valence-corrected chi connectivity index (χ3v) is 6.41. The number of hydrogen-bond donors (Lipinski definition) is 2. The van der Waals surface area contributed by atoms with Crippen LogP contribution >= 0.6 is 15.9 Å². The number of anilines is 2. The molecule has 7 heteroatoms. The lowest BCUT2D eigenvalue weighted by Crippen LogP contribution is -2.15. The van der Waals surface area contributed by atoms with E-state index in [1.54, 1.807) is 36.4 Å². The van der Waals surface area contributed by atoms with Crippen LogP contribution in [0.4, 0.5) is 11.4 Å². The van der Waals surface area contributed by atoms with Gasteiger partial charge in [0.2, 0.25) is 5.91 Å². The zero-order chi connectivity index (χ0) is 21.0. The number of halogens is 1. The van der Waals surface area contributed by atoms with Crippen molar-refractivity contribution in [2.75, 3.05) is 10.0 Å². The number of carbonyl (C=O) groups excluding carboxylic acids is 1. The SMILES string of the molecule is Cc1ccc(CC(=O)Nc2ccc(S(=O)(=O)Nc3ccc(Br)cc3)cc2)cc1C. The Labute approximate surface area is 179 Å². The summed E-state index contributed by atoms with van der Waals surface area (Å²) in [4.78, 5) is 12.4. The largest absolute Gasteiger partial charge is 0.326 e. The lowest BCUT2D eigenvalue weighted by molar-refractivity contribution is -0.115. The summed E-state index contributed by atoms with van der Waals surface area (Å²) in [5.41, 5.74) is 4.27. The molecule has 0 saturated heterocycles. The van der Waals surface area contributed by atoms with E-state index in [2.05, 4.69) is 26.0 Å². The van der Waals surface area contributed by atoms with E-state index in [1.165, 1.54) is 17.7 Å². The Morgan fingerprint density at radius 2 is 1.48 bits per heavy atom. The predicted octanol–water partition coefficient (Wildman–Crippen LogP) is 5.05. The highest BCUT2D eigenvalue weighted by molar-refractivity contribution is 9.10. The van der Waals surface area contributed by atoms with E-state index >= 15 is 0 Å². The summed E-state index contributed by atoms with van der Waals surface area (Å²) in [5.74, 6) is -0.156. The highest BCUT2D eigenvalue weighted by atomic mass is 79.9. The van der Waals surface area contributed by atoms with Crippen molar-refractivity contribution < 1.29 is 13.2 Å². The number of amides is 1. The third-order valence-electron chi connectivity index (χ3n) is 4.48. The molecule has 0 bridgehead atoms. The van der Waals surface area contributed by atoms with E-state index in [0.29, 0.717) is 11.4 Å². The molecule has 0 aliphatic heterocycles. The van der Waals surface area contributed by atoms with Gasteiger partial charge in [-0.25, -0.2) is 8.42 Å². The van der Waals surface area contributed by atoms with Crippen LogP contribution in [0.3, 0.4) is 0 Å². The van der Waals surface area contributed by atoms with Gasteiger partial charge < -0.3 is 5.32 Å². The molecule has 1 amide bonds. The van der Waals surface area contributed by atoms with Crippen molar-refractivity contribution in [2.45, 2.75) is 25.2 Å². The van der Waals surface area contributed by atoms with Gasteiger partial charge in [0.05, 0.1) is 11.3 Å². The number of aryl methyl sites for hydroxylation is 2. The maximum atomic E-state index is 12.5. The molecule has 29 heavy (non-hydrogen) atoms. The Kier molecular flexibility index (Phi) is 6.39. The Hall–Kier alpha value is -2.64. The zero-order valence-electron chi connectivity index (χ0n) is 16.1. The minimum Gasteiger partial charge on any atom is -0.326 e. The molecule has 0 heterocycles. The second-order valence-electron chi connectivity index (χ2n) is 6.78. The van der Waals surface area contributed by atoms with Crippen LogP contribution in [0.2, 0.25) is 0 Å². The van der Waals surface area contributed by atoms with Gasteiger partial charge in [-0.1, -0.05) is 34.1 Å². The monoisotopic (exact) mass is 472 g/mol. The first-order valence-electron chi connectivity index (χ1n) is 8.97. The van der Waals surface area contributed by atoms with Gasteiger partial charge in [-0.15, -0.1) is 0 Å². The average Bonchev–Trinajstić information content (AvgIpc) is 2.67. The molecule has 3 aromatic rings. The van der Waals surface area contributed by atoms with Gasteiger partial charge in [-0.2, -0.15) is 0 Å². The van der Waals surface area contributed by atoms with E-state index in [4.69, 9.17) is 0 Å². The molecule has 0 spiro atoms. The van der Waals surface area contributed by atoms with E-state index in [-0.39, 0.29) is 17.2 Å². The van der Waals surface area contributed by atoms with Crippen molar-refractivity contribution >= 4 is 43.2 Å². The first-order chi connectivity index (χ1) is 13.7. The second kappa shape index (κ2) is 8.80. The summed E-state index contributed by atoms with van der Waals surface area (Å²) in [5, 5.41) is 2.80. The summed E-state index contributed by atoms with van der Waals surface area (Å²) in [6, 6.07) is 18.9. The molecule has 0 aromatic heterocycles. The molecule has 0 saturated carbocycles. The highest BCUT2D eigenvalue weighted by Crippen LogP contribution is 2.20. The van der Waals surface area contributed by atoms with E-state index < -0.39 is 10.0 Å². The van der Waals surface area contributed by atoms with Crippen LogP contribution in [-0.4, -0.2) is 14.3 Å². The first kappa shape index (κ1) is 21.1. The summed E-state index contributed by atoms with van der Waals surface area (Å²) in [6.07, 6.45) is 0.256. The van der Waals surface area contributed by atoms with Crippen molar-refractivity contribution in [2.24, 2.45) is 0 Å². The molecule has 2 N–H and O–H groups in total. The average molecular weight is 473 g/mol. The summed E-state index contributed by atoms with van der Waals surface area (Å²) in [7, 11) is -3.71. The minimum atomic E-state index is -3.71. The fourth-order valence-electron chi connectivity index (χ4n) is 2.75. The number of rotatable bonds is 6. The number of nitrogens with one attached hydrogen (secondary N) is 2. The van der Waals surface area contributed by atoms with Crippen LogP contribution in [0.25, 0.3) is 0 Å². The van der Waals surface area contributed by atoms with Gasteiger partial charge in [0.15, 0.2) is 0 Å². The lowest BCUT2D eigenvalue weighted by Gasteiger charge is -2.10. The van der Waals surface area contributed by atoms with E-state index in [9.17, 15) is 13.2 Å². The summed E-state index contributed by atoms with van der Waals surface area (Å²) >= 11 is 3.31. The summed E-state index contributed by atoms with van der Waals surface area (Å²) in [6.45, 7) is 4.04. The summed E-state index contributed by atoms with van der Waals surface area (Å²) < 4.78 is 28.4. The molecule has 5 nitrogen and oxygen atoms in total. The number of sulfonamides is 1. The van der Waals surface area contributed by atoms with Gasteiger partial charge in [0.1, 0.15) is 0 Å². The van der Waals surface area contributed by atoms with Crippen LogP contribution < -0.4 is 10.0 Å². The maximum Gasteiger partial charge on any atom is 0.261 e. The third kappa shape index (κ3) is 5.68. The number of carbonyl (C=O) groups is 1. The predicted molar refractivity (Wildman–Crippen MR) is 120 cm³/mol. The molecule has 0 unspecified atom stereocenters. The van der Waals surface area contributed by atoms with Gasteiger partial charge >= 0.3 is 0 Å². The molecule has 3 rings (SSSR count). The molecular formula is C22H21BrN2O3S. The van der Waals surface area contributed by atoms with Gasteiger partial charge in [0.25, 0.3) is 10.0 Å². The van der Waals surface area contributed by atoms with Crippen LogP contribution in [0.1, 0.15) is 16.7 Å². The van der Waals surface area contributed by atoms with Crippen molar-refractivity contribution in [3.63, 3.8) is 0 Å². The minimum absolute atomic E-state index is 0.118. The quantitative estimate of drug-likeness (QED) is 0.526. The molecule has 150 valence electrons. The fraction of sp³-hybridized carbons (Fsp3) is 0.136. The Balaban J connectivity index is 1.65. The molecule has 0 aliphatic rings. The fourth-order valence-corrected chi connectivity index (χ4v) is 4.08. The van der Waals surface area contributed by atoms with Gasteiger partial charge in [-0.05, 0) is 79.1 Å². The number of benzene rings is 3. The van der Waals surface area contributed by atoms with E-state index in [0.717, 1.165) is 15.6 Å². The van der Waals surface area contributed by atoms with Crippen molar-refractivity contribution in [1.29, 1.82) is 0 Å². The smallest absolute Gasteiger partial charge is 0.261 e. The van der Waals surface area contributed by atoms with Crippen LogP contribution in [-0.2, 0) is 21.2 Å². The zero-order valence-corrected chi connectivity index (χ0v) is 18.5. The molecule has 3 aromatic carbocycles. The second-order valence-corrected chi connectivity index (χ2v) is 9.38. The van der Waals surface area contributed by atoms with Crippen LogP contribution in [0.5, 0.6) is 0 Å². The normalized spacial score (nSPS) is 11.1. The van der Waals surface area contributed by atoms with Gasteiger partial charge in [-0.3, -0.25) is 9.52 Å². The van der Waals surface area contributed by atoms with E-state index in [1.807, 2.05) is 32.0 Å². The molecular weight excluding hydrogens is 452 g/mol. The standard InChI is InChI=1S/C22H21BrN2O3S/c1-15-3-4-17(13-16(15)2)14-22(26)24-19-9-11-21(12-10-19)29(27,28)25-20-7-5-18(23)6-8-20/h3-13,25H,14H2,1-2H3,(H,24,26). The topological polar surface area (TPSA) is 75.3 Å². The first-order valence-corrected chi connectivity index (χ1v) is 11.2. The maximum absolute atomic E-state index is 12.5. The van der Waals surface area contributed by atoms with Crippen molar-refractivity contribution in [3.8, 4) is 0 Å². The Morgan fingerprint density at radius 1 is 0.862 bits per heavy atom. The number of hydrogen-bond acceptors (Lipinski definition) is 3. The Bertz CT molecular complexity index is 1130. The molecule has 0 atom stereocenters. The highest BCUT2D eigenvalue weighted by Gasteiger charge is 2.14. The molecule has 0 aliphatic carbocycles. The Morgan fingerprint density at radius 3 is 2.10 bits per heavy atom. The van der Waals surface area contributed by atoms with Crippen LogP contribution in [0, 0.1) is 13.8 Å². The van der Waals surface area contributed by atoms with Gasteiger partial charge in [0, 0.05) is 15.8 Å². The van der Waals surface area contributed by atoms with Crippen molar-refractivity contribution in [1.82, 2.24) is 0 Å². The van der Waals surface area contributed by atoms with Crippen molar-refractivity contribution in [3.05, 3.63) is 87.9 Å².